The molecule has 17 heavy (non-hydrogen) atoms. The van der Waals surface area contributed by atoms with Gasteiger partial charge < -0.3 is 15.6 Å². The quantitative estimate of drug-likeness (QED) is 0.748. The summed E-state index contributed by atoms with van der Waals surface area (Å²) >= 11 is 0. The van der Waals surface area contributed by atoms with Crippen molar-refractivity contribution in [3.63, 3.8) is 0 Å². The van der Waals surface area contributed by atoms with E-state index in [1.165, 1.54) is 5.56 Å². The van der Waals surface area contributed by atoms with Crippen LogP contribution in [0.25, 0.3) is 0 Å². The molecule has 0 bridgehead atoms. The normalized spacial score (nSPS) is 10.9. The van der Waals surface area contributed by atoms with Crippen molar-refractivity contribution in [1.29, 1.82) is 0 Å². The van der Waals surface area contributed by atoms with Gasteiger partial charge >= 0.3 is 0 Å². The van der Waals surface area contributed by atoms with Crippen LogP contribution in [0.2, 0.25) is 0 Å². The first-order chi connectivity index (χ1) is 8.10. The van der Waals surface area contributed by atoms with E-state index in [-0.39, 0.29) is 5.75 Å². The molecule has 0 saturated carbocycles. The number of nitrogens with two attached hydrogens (primary N) is 1. The van der Waals surface area contributed by atoms with E-state index in [0.29, 0.717) is 18.2 Å². The second-order valence-corrected chi connectivity index (χ2v) is 4.63. The number of methoxy groups -OCH3 is 1. The van der Waals surface area contributed by atoms with Crippen LogP contribution < -0.4 is 10.5 Å². The minimum atomic E-state index is 0.272. The van der Waals surface area contributed by atoms with Gasteiger partial charge in [-0.15, -0.1) is 0 Å². The van der Waals surface area contributed by atoms with Gasteiger partial charge in [0, 0.05) is 0 Å². The lowest BCUT2D eigenvalue weighted by Crippen LogP contribution is -2.00. The smallest absolute Gasteiger partial charge is 0.161 e. The monoisotopic (exact) mass is 237 g/mol. The summed E-state index contributed by atoms with van der Waals surface area (Å²) in [7, 11) is 1.59. The highest BCUT2D eigenvalue weighted by molar-refractivity contribution is 5.49. The maximum Gasteiger partial charge on any atom is 0.161 e. The van der Waals surface area contributed by atoms with Crippen LogP contribution in [0.4, 0.5) is 0 Å². The van der Waals surface area contributed by atoms with Crippen molar-refractivity contribution >= 4 is 0 Å². The van der Waals surface area contributed by atoms with Crippen molar-refractivity contribution in [3.05, 3.63) is 23.3 Å². The predicted molar refractivity (Wildman–Crippen MR) is 70.7 cm³/mol. The molecular weight excluding hydrogens is 214 g/mol. The Bertz CT molecular complexity index is 361. The summed E-state index contributed by atoms with van der Waals surface area (Å²) in [4.78, 5) is 0. The number of hydrogen-bond donors (Lipinski definition) is 2. The van der Waals surface area contributed by atoms with E-state index in [4.69, 9.17) is 10.5 Å². The van der Waals surface area contributed by atoms with Gasteiger partial charge in [0.15, 0.2) is 11.5 Å². The van der Waals surface area contributed by atoms with Crippen molar-refractivity contribution in [1.82, 2.24) is 0 Å². The summed E-state index contributed by atoms with van der Waals surface area (Å²) < 4.78 is 5.21. The second kappa shape index (κ2) is 6.50. The highest BCUT2D eigenvalue weighted by Gasteiger charge is 2.12. The summed E-state index contributed by atoms with van der Waals surface area (Å²) in [5.41, 5.74) is 7.63. The third-order valence-electron chi connectivity index (χ3n) is 2.96. The molecule has 0 spiro atoms. The van der Waals surface area contributed by atoms with E-state index in [1.54, 1.807) is 7.11 Å². The van der Waals surface area contributed by atoms with Crippen molar-refractivity contribution < 1.29 is 9.84 Å². The summed E-state index contributed by atoms with van der Waals surface area (Å²) in [5, 5.41) is 10.0. The second-order valence-electron chi connectivity index (χ2n) is 4.63. The van der Waals surface area contributed by atoms with Crippen molar-refractivity contribution in [2.24, 2.45) is 5.73 Å². The Kier molecular flexibility index (Phi) is 5.29. The lowest BCUT2D eigenvalue weighted by molar-refractivity contribution is 0.369. The molecule has 0 saturated heterocycles. The van der Waals surface area contributed by atoms with Gasteiger partial charge in [0.1, 0.15) is 0 Å². The number of aromatic hydroxyl groups is 1. The van der Waals surface area contributed by atoms with Crippen LogP contribution >= 0.6 is 0 Å². The Morgan fingerprint density at radius 1 is 1.29 bits per heavy atom. The third kappa shape index (κ3) is 3.63. The minimum Gasteiger partial charge on any atom is -0.504 e. The van der Waals surface area contributed by atoms with E-state index in [0.717, 1.165) is 24.8 Å². The minimum absolute atomic E-state index is 0.272. The molecule has 0 fully saturated rings. The van der Waals surface area contributed by atoms with Gasteiger partial charge in [-0.25, -0.2) is 0 Å². The van der Waals surface area contributed by atoms with Gasteiger partial charge in [-0.3, -0.25) is 0 Å². The molecule has 0 aliphatic rings. The highest BCUT2D eigenvalue weighted by Crippen LogP contribution is 2.34. The van der Waals surface area contributed by atoms with Gasteiger partial charge in [0.2, 0.25) is 0 Å². The van der Waals surface area contributed by atoms with Gasteiger partial charge in [-0.05, 0) is 48.9 Å². The standard InChI is InChI=1S/C14H23NO2/c1-10(2)12-8-11(6-4-5-7-15)14(16)13(9-12)17-3/h8-10,16H,4-7,15H2,1-3H3. The van der Waals surface area contributed by atoms with E-state index in [1.807, 2.05) is 6.07 Å². The number of phenols is 1. The molecule has 0 radical (unpaired) electrons. The molecule has 3 N–H and O–H groups in total. The average molecular weight is 237 g/mol. The average Bonchev–Trinajstić information content (AvgIpc) is 2.31. The predicted octanol–water partition coefficient (Wildman–Crippen LogP) is 2.81. The fourth-order valence-corrected chi connectivity index (χ4v) is 1.83. The zero-order valence-corrected chi connectivity index (χ0v) is 11.0. The summed E-state index contributed by atoms with van der Waals surface area (Å²) in [6, 6.07) is 3.98. The molecule has 96 valence electrons. The van der Waals surface area contributed by atoms with E-state index >= 15 is 0 Å². The Morgan fingerprint density at radius 2 is 2.00 bits per heavy atom. The number of benzene rings is 1. The molecule has 0 aliphatic carbocycles. The lowest BCUT2D eigenvalue weighted by Gasteiger charge is -2.14. The number of ether oxygens (including phenoxy) is 1. The first-order valence-corrected chi connectivity index (χ1v) is 6.20. The first-order valence-electron chi connectivity index (χ1n) is 6.20. The largest absolute Gasteiger partial charge is 0.504 e. The number of hydrogen-bond acceptors (Lipinski definition) is 3. The summed E-state index contributed by atoms with van der Waals surface area (Å²) in [6.45, 7) is 4.97. The fourth-order valence-electron chi connectivity index (χ4n) is 1.83. The van der Waals surface area contributed by atoms with Gasteiger partial charge in [0.25, 0.3) is 0 Å². The zero-order chi connectivity index (χ0) is 12.8. The number of rotatable bonds is 6. The molecule has 1 aromatic rings. The molecule has 0 amide bonds. The molecule has 3 heteroatoms. The number of aryl methyl sites for hydroxylation is 1. The molecule has 3 nitrogen and oxygen atoms in total. The summed E-state index contributed by atoms with van der Waals surface area (Å²) in [6.07, 6.45) is 2.82. The van der Waals surface area contributed by atoms with Gasteiger partial charge in [-0.2, -0.15) is 0 Å². The van der Waals surface area contributed by atoms with Crippen LogP contribution in [0.5, 0.6) is 11.5 Å². The van der Waals surface area contributed by atoms with Crippen LogP contribution in [0.3, 0.4) is 0 Å². The molecule has 0 heterocycles. The molecule has 0 atom stereocenters. The van der Waals surface area contributed by atoms with Crippen molar-refractivity contribution in [3.8, 4) is 11.5 Å². The van der Waals surface area contributed by atoms with Crippen LogP contribution in [-0.2, 0) is 6.42 Å². The van der Waals surface area contributed by atoms with Crippen LogP contribution in [0.15, 0.2) is 12.1 Å². The fraction of sp³-hybridized carbons (Fsp3) is 0.571. The van der Waals surface area contributed by atoms with Gasteiger partial charge in [0.05, 0.1) is 7.11 Å². The SMILES string of the molecule is COc1cc(C(C)C)cc(CCCCN)c1O. The molecular formula is C14H23NO2. The zero-order valence-electron chi connectivity index (χ0n) is 11.0. The molecule has 0 aliphatic heterocycles. The first kappa shape index (κ1) is 13.8. The van der Waals surface area contributed by atoms with E-state index in [9.17, 15) is 5.11 Å². The Hall–Kier alpha value is -1.22. The molecule has 1 rings (SSSR count). The van der Waals surface area contributed by atoms with E-state index < -0.39 is 0 Å². The maximum atomic E-state index is 10.0. The summed E-state index contributed by atoms with van der Waals surface area (Å²) in [5.74, 6) is 1.27. The highest BCUT2D eigenvalue weighted by atomic mass is 16.5. The molecule has 1 aromatic carbocycles. The number of phenolic OH excluding ortho intramolecular Hbond substituents is 1. The topological polar surface area (TPSA) is 55.5 Å². The third-order valence-corrected chi connectivity index (χ3v) is 2.96. The Balaban J connectivity index is 2.96. The van der Waals surface area contributed by atoms with Gasteiger partial charge in [-0.1, -0.05) is 19.9 Å². The molecule has 0 unspecified atom stereocenters. The van der Waals surface area contributed by atoms with Crippen molar-refractivity contribution in [2.75, 3.05) is 13.7 Å². The van der Waals surface area contributed by atoms with Crippen LogP contribution in [0, 0.1) is 0 Å². The lowest BCUT2D eigenvalue weighted by atomic mass is 9.97. The van der Waals surface area contributed by atoms with Crippen LogP contribution in [0.1, 0.15) is 43.7 Å². The van der Waals surface area contributed by atoms with E-state index in [2.05, 4.69) is 19.9 Å². The Morgan fingerprint density at radius 3 is 2.53 bits per heavy atom. The molecule has 0 aromatic heterocycles. The van der Waals surface area contributed by atoms with Crippen molar-refractivity contribution in [2.45, 2.75) is 39.0 Å². The number of unbranched alkanes of at least 4 members (excludes halogenated alkanes) is 1. The Labute approximate surface area is 104 Å². The van der Waals surface area contributed by atoms with Crippen LogP contribution in [-0.4, -0.2) is 18.8 Å². The maximum absolute atomic E-state index is 10.0.